The van der Waals surface area contributed by atoms with Crippen molar-refractivity contribution in [3.05, 3.63) is 0 Å². The number of carboxylic acids is 1. The third kappa shape index (κ3) is 10.2. The molecule has 0 bridgehead atoms. The van der Waals surface area contributed by atoms with Crippen molar-refractivity contribution < 1.29 is 24.3 Å². The predicted molar refractivity (Wildman–Crippen MR) is 101 cm³/mol. The summed E-state index contributed by atoms with van der Waals surface area (Å²) in [6.07, 6.45) is 2.74. The maximum atomic E-state index is 12.3. The topological polar surface area (TPSA) is 151 Å². The molecule has 0 saturated heterocycles. The Morgan fingerprint density at radius 2 is 1.65 bits per heavy atom. The monoisotopic (exact) mass is 390 g/mol. The number of amides is 3. The van der Waals surface area contributed by atoms with E-state index in [4.69, 9.17) is 10.8 Å². The van der Waals surface area contributed by atoms with Crippen molar-refractivity contribution in [2.24, 2.45) is 11.7 Å². The van der Waals surface area contributed by atoms with Gasteiger partial charge in [0.1, 0.15) is 18.6 Å². The molecular formula is C16H30N4O5S. The third-order valence-electron chi connectivity index (χ3n) is 3.48. The maximum Gasteiger partial charge on any atom is 0.322 e. The largest absolute Gasteiger partial charge is 0.480 e. The number of aliphatic carboxylic acids is 1. The lowest BCUT2D eigenvalue weighted by Gasteiger charge is -2.23. The van der Waals surface area contributed by atoms with Crippen LogP contribution in [0.3, 0.4) is 0 Å². The van der Waals surface area contributed by atoms with Crippen LogP contribution in [0.15, 0.2) is 0 Å². The molecule has 3 atom stereocenters. The maximum absolute atomic E-state index is 12.3. The molecule has 3 amide bonds. The molecule has 3 unspecified atom stereocenters. The summed E-state index contributed by atoms with van der Waals surface area (Å²) in [7, 11) is 0. The molecule has 0 saturated carbocycles. The third-order valence-corrected chi connectivity index (χ3v) is 4.12. The van der Waals surface area contributed by atoms with E-state index in [1.807, 2.05) is 20.1 Å². The van der Waals surface area contributed by atoms with E-state index in [0.717, 1.165) is 5.75 Å². The predicted octanol–water partition coefficient (Wildman–Crippen LogP) is -0.697. The van der Waals surface area contributed by atoms with Crippen LogP contribution in [0.5, 0.6) is 0 Å². The number of hydrogen-bond donors (Lipinski definition) is 5. The Morgan fingerprint density at radius 3 is 2.15 bits per heavy atom. The average molecular weight is 391 g/mol. The number of nitrogens with one attached hydrogen (secondary N) is 3. The molecular weight excluding hydrogens is 360 g/mol. The minimum absolute atomic E-state index is 0.0979. The van der Waals surface area contributed by atoms with Crippen molar-refractivity contribution in [3.8, 4) is 0 Å². The van der Waals surface area contributed by atoms with Crippen LogP contribution in [0.4, 0.5) is 0 Å². The van der Waals surface area contributed by atoms with E-state index in [0.29, 0.717) is 12.8 Å². The van der Waals surface area contributed by atoms with Gasteiger partial charge in [0.25, 0.3) is 0 Å². The normalized spacial score (nSPS) is 14.2. The zero-order chi connectivity index (χ0) is 20.3. The lowest BCUT2D eigenvalue weighted by molar-refractivity contribution is -0.138. The summed E-state index contributed by atoms with van der Waals surface area (Å²) in [6, 6.07) is -2.46. The summed E-state index contributed by atoms with van der Waals surface area (Å²) in [5.41, 5.74) is 5.76. The fraction of sp³-hybridized carbons (Fsp3) is 0.750. The second kappa shape index (κ2) is 12.5. The molecule has 0 heterocycles. The standard InChI is InChI=1S/C16H30N4O5S/c1-9(2)7-12(16(25)18-8-13(21)22)20-14(23)10(3)19-15(24)11(17)5-6-26-4/h9-12H,5-8,17H2,1-4H3,(H,18,25)(H,19,24)(H,20,23)(H,21,22). The smallest absolute Gasteiger partial charge is 0.322 e. The molecule has 26 heavy (non-hydrogen) atoms. The van der Waals surface area contributed by atoms with Crippen molar-refractivity contribution >= 4 is 35.5 Å². The summed E-state index contributed by atoms with van der Waals surface area (Å²) in [6.45, 7) is 4.72. The van der Waals surface area contributed by atoms with Crippen molar-refractivity contribution in [3.63, 3.8) is 0 Å². The van der Waals surface area contributed by atoms with Gasteiger partial charge in [-0.1, -0.05) is 13.8 Å². The molecule has 0 aliphatic rings. The van der Waals surface area contributed by atoms with Gasteiger partial charge in [0.05, 0.1) is 6.04 Å². The van der Waals surface area contributed by atoms with Gasteiger partial charge in [0.2, 0.25) is 17.7 Å². The van der Waals surface area contributed by atoms with Crippen molar-refractivity contribution in [2.45, 2.75) is 51.7 Å². The number of nitrogens with two attached hydrogens (primary N) is 1. The highest BCUT2D eigenvalue weighted by molar-refractivity contribution is 7.98. The summed E-state index contributed by atoms with van der Waals surface area (Å²) in [5, 5.41) is 16.0. The van der Waals surface area contributed by atoms with E-state index in [1.165, 1.54) is 6.92 Å². The number of rotatable bonds is 12. The van der Waals surface area contributed by atoms with Crippen LogP contribution >= 0.6 is 11.8 Å². The van der Waals surface area contributed by atoms with Crippen LogP contribution < -0.4 is 21.7 Å². The minimum Gasteiger partial charge on any atom is -0.480 e. The van der Waals surface area contributed by atoms with Gasteiger partial charge in [0.15, 0.2) is 0 Å². The van der Waals surface area contributed by atoms with Crippen LogP contribution in [0.2, 0.25) is 0 Å². The summed E-state index contributed by atoms with van der Waals surface area (Å²) >= 11 is 1.57. The van der Waals surface area contributed by atoms with Crippen LogP contribution in [0, 0.1) is 5.92 Å². The van der Waals surface area contributed by atoms with E-state index in [2.05, 4.69) is 16.0 Å². The van der Waals surface area contributed by atoms with Crippen LogP contribution in [0.1, 0.15) is 33.6 Å². The first-order valence-electron chi connectivity index (χ1n) is 8.43. The highest BCUT2D eigenvalue weighted by atomic mass is 32.2. The molecule has 0 aromatic rings. The van der Waals surface area contributed by atoms with Crippen molar-refractivity contribution in [2.75, 3.05) is 18.6 Å². The highest BCUT2D eigenvalue weighted by Gasteiger charge is 2.26. The minimum atomic E-state index is -1.17. The number of carbonyl (C=O) groups is 4. The van der Waals surface area contributed by atoms with Gasteiger partial charge >= 0.3 is 5.97 Å². The zero-order valence-electron chi connectivity index (χ0n) is 15.7. The first-order valence-corrected chi connectivity index (χ1v) is 9.82. The van der Waals surface area contributed by atoms with Crippen molar-refractivity contribution in [1.29, 1.82) is 0 Å². The first kappa shape index (κ1) is 24.2. The van der Waals surface area contributed by atoms with E-state index in [1.54, 1.807) is 11.8 Å². The molecule has 9 nitrogen and oxygen atoms in total. The van der Waals surface area contributed by atoms with Crippen LogP contribution in [0.25, 0.3) is 0 Å². The molecule has 6 N–H and O–H groups in total. The van der Waals surface area contributed by atoms with Gasteiger partial charge < -0.3 is 26.8 Å². The quantitative estimate of drug-likeness (QED) is 0.296. The fourth-order valence-electron chi connectivity index (χ4n) is 2.05. The number of hydrogen-bond acceptors (Lipinski definition) is 6. The molecule has 0 aliphatic heterocycles. The molecule has 0 aromatic heterocycles. The first-order chi connectivity index (χ1) is 12.1. The van der Waals surface area contributed by atoms with Gasteiger partial charge in [0, 0.05) is 0 Å². The summed E-state index contributed by atoms with van der Waals surface area (Å²) in [5.74, 6) is -1.89. The van der Waals surface area contributed by atoms with Gasteiger partial charge in [-0.15, -0.1) is 0 Å². The van der Waals surface area contributed by atoms with E-state index < -0.39 is 48.4 Å². The molecule has 0 aromatic carbocycles. The Kier molecular flexibility index (Phi) is 11.7. The SMILES string of the molecule is CSCCC(N)C(=O)NC(C)C(=O)NC(CC(C)C)C(=O)NCC(=O)O. The molecule has 0 fully saturated rings. The Hall–Kier alpha value is -1.81. The van der Waals surface area contributed by atoms with Gasteiger partial charge in [-0.25, -0.2) is 0 Å². The van der Waals surface area contributed by atoms with Crippen LogP contribution in [-0.2, 0) is 19.2 Å². The number of carboxylic acid groups (broad SMARTS) is 1. The van der Waals surface area contributed by atoms with E-state index in [-0.39, 0.29) is 5.92 Å². The fourth-order valence-corrected chi connectivity index (χ4v) is 2.54. The highest BCUT2D eigenvalue weighted by Crippen LogP contribution is 2.06. The molecule has 10 heteroatoms. The van der Waals surface area contributed by atoms with Crippen molar-refractivity contribution in [1.82, 2.24) is 16.0 Å². The zero-order valence-corrected chi connectivity index (χ0v) is 16.5. The summed E-state index contributed by atoms with van der Waals surface area (Å²) in [4.78, 5) is 46.9. The number of thioether (sulfide) groups is 1. The van der Waals surface area contributed by atoms with Gasteiger partial charge in [-0.2, -0.15) is 11.8 Å². The van der Waals surface area contributed by atoms with Crippen LogP contribution in [-0.4, -0.2) is 65.5 Å². The second-order valence-corrected chi connectivity index (χ2v) is 7.41. The Bertz CT molecular complexity index is 501. The molecule has 0 spiro atoms. The lowest BCUT2D eigenvalue weighted by Crippen LogP contribution is -2.55. The Morgan fingerprint density at radius 1 is 1.04 bits per heavy atom. The average Bonchev–Trinajstić information content (AvgIpc) is 2.55. The molecule has 0 rings (SSSR count). The Balaban J connectivity index is 4.72. The molecule has 0 radical (unpaired) electrons. The summed E-state index contributed by atoms with van der Waals surface area (Å²) < 4.78 is 0. The molecule has 150 valence electrons. The number of carbonyl (C=O) groups excluding carboxylic acids is 3. The van der Waals surface area contributed by atoms with Gasteiger partial charge in [-0.3, -0.25) is 19.2 Å². The molecule has 0 aliphatic carbocycles. The lowest BCUT2D eigenvalue weighted by atomic mass is 10.0. The van der Waals surface area contributed by atoms with Gasteiger partial charge in [-0.05, 0) is 37.7 Å². The van der Waals surface area contributed by atoms with E-state index >= 15 is 0 Å². The second-order valence-electron chi connectivity index (χ2n) is 6.42. The Labute approximate surface area is 158 Å². The van der Waals surface area contributed by atoms with E-state index in [9.17, 15) is 19.2 Å².